The molecule has 0 amide bonds. The molecule has 1 unspecified atom stereocenters. The number of carbonyl (C=O) groups excluding carboxylic acids is 1. The molecule has 0 aromatic heterocycles. The number of piperidine rings is 1. The van der Waals surface area contributed by atoms with E-state index in [-0.39, 0.29) is 11.6 Å². The molecule has 1 saturated heterocycles. The van der Waals surface area contributed by atoms with E-state index in [0.717, 1.165) is 25.8 Å². The number of hydrogen-bond acceptors (Lipinski definition) is 3. The van der Waals surface area contributed by atoms with Crippen LogP contribution in [0.25, 0.3) is 0 Å². The Kier molecular flexibility index (Phi) is 2.67. The first-order valence-electron chi connectivity index (χ1n) is 6.59. The van der Waals surface area contributed by atoms with Gasteiger partial charge in [-0.1, -0.05) is 24.3 Å². The second kappa shape index (κ2) is 4.09. The number of esters is 1. The predicted octanol–water partition coefficient (Wildman–Crippen LogP) is 2.10. The highest BCUT2D eigenvalue weighted by molar-refractivity contribution is 5.67. The molecule has 1 heterocycles. The van der Waals surface area contributed by atoms with Crippen molar-refractivity contribution in [3.05, 3.63) is 35.4 Å². The molecule has 0 saturated carbocycles. The molecular formula is C15H19NO2. The van der Waals surface area contributed by atoms with Crippen molar-refractivity contribution in [2.24, 2.45) is 0 Å². The van der Waals surface area contributed by atoms with E-state index in [1.807, 2.05) is 6.07 Å². The fourth-order valence-corrected chi connectivity index (χ4v) is 3.47. The molecule has 2 aliphatic rings. The third-order valence-electron chi connectivity index (χ3n) is 4.36. The molecule has 0 radical (unpaired) electrons. The van der Waals surface area contributed by atoms with Crippen LogP contribution in [0.2, 0.25) is 0 Å². The van der Waals surface area contributed by atoms with Gasteiger partial charge in [-0.25, -0.2) is 0 Å². The lowest BCUT2D eigenvalue weighted by Crippen LogP contribution is -2.53. The number of carbonyl (C=O) groups is 1. The molecule has 2 atom stereocenters. The monoisotopic (exact) mass is 245 g/mol. The van der Waals surface area contributed by atoms with Gasteiger partial charge in [-0.2, -0.15) is 0 Å². The number of rotatable bonds is 1. The first kappa shape index (κ1) is 11.7. The molecule has 1 aromatic rings. The maximum Gasteiger partial charge on any atom is 0.303 e. The number of ether oxygens (including phenoxy) is 1. The number of nitrogens with zero attached hydrogens (tertiary/aromatic N) is 1. The van der Waals surface area contributed by atoms with Gasteiger partial charge < -0.3 is 9.64 Å². The summed E-state index contributed by atoms with van der Waals surface area (Å²) in [4.78, 5) is 13.8. The zero-order valence-electron chi connectivity index (χ0n) is 11.0. The van der Waals surface area contributed by atoms with Gasteiger partial charge in [0, 0.05) is 32.4 Å². The van der Waals surface area contributed by atoms with Crippen molar-refractivity contribution in [3.63, 3.8) is 0 Å². The molecule has 0 spiro atoms. The highest BCUT2D eigenvalue weighted by Crippen LogP contribution is 2.45. The number of hydrogen-bond donors (Lipinski definition) is 0. The van der Waals surface area contributed by atoms with Crippen LogP contribution in [0.5, 0.6) is 0 Å². The quantitative estimate of drug-likeness (QED) is 0.710. The van der Waals surface area contributed by atoms with Crippen LogP contribution in [-0.2, 0) is 21.6 Å². The number of likely N-dealkylation sites (N-methyl/N-ethyl adjacent to an activating group) is 1. The van der Waals surface area contributed by atoms with Crippen molar-refractivity contribution < 1.29 is 9.53 Å². The van der Waals surface area contributed by atoms with Crippen LogP contribution in [0.4, 0.5) is 0 Å². The predicted molar refractivity (Wildman–Crippen MR) is 69.2 cm³/mol. The van der Waals surface area contributed by atoms with Gasteiger partial charge in [-0.05, 0) is 24.6 Å². The first-order chi connectivity index (χ1) is 8.61. The van der Waals surface area contributed by atoms with Gasteiger partial charge in [-0.3, -0.25) is 4.79 Å². The SMILES string of the molecule is CC(=O)O[C@@]12CCN(C)C(Cc3ccccc31)C2. The topological polar surface area (TPSA) is 29.5 Å². The van der Waals surface area contributed by atoms with Gasteiger partial charge >= 0.3 is 5.97 Å². The number of fused-ring (bicyclic) bond motifs is 4. The van der Waals surface area contributed by atoms with E-state index >= 15 is 0 Å². The zero-order valence-corrected chi connectivity index (χ0v) is 11.0. The maximum atomic E-state index is 11.5. The van der Waals surface area contributed by atoms with Crippen LogP contribution in [-0.4, -0.2) is 30.5 Å². The summed E-state index contributed by atoms with van der Waals surface area (Å²) in [5.74, 6) is -0.171. The third kappa shape index (κ3) is 1.74. The number of likely N-dealkylation sites (tertiary alicyclic amines) is 1. The van der Waals surface area contributed by atoms with Crippen molar-refractivity contribution in [1.82, 2.24) is 4.90 Å². The third-order valence-corrected chi connectivity index (χ3v) is 4.36. The molecule has 18 heavy (non-hydrogen) atoms. The minimum absolute atomic E-state index is 0.171. The molecule has 1 aromatic carbocycles. The average molecular weight is 245 g/mol. The van der Waals surface area contributed by atoms with Crippen LogP contribution in [0.15, 0.2) is 24.3 Å². The summed E-state index contributed by atoms with van der Waals surface area (Å²) >= 11 is 0. The molecule has 1 aliphatic heterocycles. The zero-order chi connectivity index (χ0) is 12.8. The highest BCUT2D eigenvalue weighted by Gasteiger charge is 2.47. The second-order valence-electron chi connectivity index (χ2n) is 5.54. The van der Waals surface area contributed by atoms with Gasteiger partial charge in [0.05, 0.1) is 0 Å². The van der Waals surface area contributed by atoms with Crippen molar-refractivity contribution in [3.8, 4) is 0 Å². The Morgan fingerprint density at radius 1 is 1.44 bits per heavy atom. The minimum atomic E-state index is -0.377. The summed E-state index contributed by atoms with van der Waals surface area (Å²) in [6.45, 7) is 2.51. The van der Waals surface area contributed by atoms with E-state index in [0.29, 0.717) is 6.04 Å². The Morgan fingerprint density at radius 2 is 2.22 bits per heavy atom. The van der Waals surface area contributed by atoms with E-state index in [1.54, 1.807) is 0 Å². The molecule has 2 bridgehead atoms. The minimum Gasteiger partial charge on any atom is -0.454 e. The molecule has 96 valence electrons. The molecule has 0 N–H and O–H groups in total. The Morgan fingerprint density at radius 3 is 3.00 bits per heavy atom. The van der Waals surface area contributed by atoms with E-state index in [1.165, 1.54) is 18.1 Å². The highest BCUT2D eigenvalue weighted by atomic mass is 16.6. The Labute approximate surface area is 108 Å². The normalized spacial score (nSPS) is 30.7. The van der Waals surface area contributed by atoms with E-state index < -0.39 is 0 Å². The van der Waals surface area contributed by atoms with Gasteiger partial charge in [0.25, 0.3) is 0 Å². The fraction of sp³-hybridized carbons (Fsp3) is 0.533. The molecule has 3 rings (SSSR count). The van der Waals surface area contributed by atoms with Gasteiger partial charge in [0.2, 0.25) is 0 Å². The lowest BCUT2D eigenvalue weighted by Gasteiger charge is -2.49. The smallest absolute Gasteiger partial charge is 0.303 e. The van der Waals surface area contributed by atoms with Crippen LogP contribution >= 0.6 is 0 Å². The van der Waals surface area contributed by atoms with Crippen molar-refractivity contribution >= 4 is 5.97 Å². The summed E-state index contributed by atoms with van der Waals surface area (Å²) in [5.41, 5.74) is 2.18. The maximum absolute atomic E-state index is 11.5. The average Bonchev–Trinajstić information content (AvgIpc) is 2.34. The van der Waals surface area contributed by atoms with Crippen LogP contribution in [0.3, 0.4) is 0 Å². The molecule has 3 nitrogen and oxygen atoms in total. The van der Waals surface area contributed by atoms with Crippen molar-refractivity contribution in [1.29, 1.82) is 0 Å². The lowest BCUT2D eigenvalue weighted by molar-refractivity contribution is -0.167. The van der Waals surface area contributed by atoms with E-state index in [4.69, 9.17) is 4.74 Å². The summed E-state index contributed by atoms with van der Waals surface area (Å²) in [6.07, 6.45) is 2.90. The summed E-state index contributed by atoms with van der Waals surface area (Å²) in [5, 5.41) is 0. The fourth-order valence-electron chi connectivity index (χ4n) is 3.47. The van der Waals surface area contributed by atoms with Crippen molar-refractivity contribution in [2.45, 2.75) is 37.8 Å². The van der Waals surface area contributed by atoms with E-state index in [2.05, 4.69) is 30.1 Å². The first-order valence-corrected chi connectivity index (χ1v) is 6.59. The van der Waals surface area contributed by atoms with Gasteiger partial charge in [0.15, 0.2) is 0 Å². The summed E-state index contributed by atoms with van der Waals surface area (Å²) < 4.78 is 5.76. The summed E-state index contributed by atoms with van der Waals surface area (Å²) in [7, 11) is 2.16. The van der Waals surface area contributed by atoms with Crippen LogP contribution in [0.1, 0.15) is 30.9 Å². The van der Waals surface area contributed by atoms with Gasteiger partial charge in [-0.15, -0.1) is 0 Å². The molecule has 1 fully saturated rings. The number of benzene rings is 1. The Hall–Kier alpha value is -1.35. The Balaban J connectivity index is 2.08. The standard InChI is InChI=1S/C15H19NO2/c1-11(17)18-15-7-8-16(2)13(10-15)9-12-5-3-4-6-14(12)15/h3-6,13H,7-10H2,1-2H3/t13?,15-/m1/s1. The van der Waals surface area contributed by atoms with E-state index in [9.17, 15) is 4.79 Å². The molecule has 3 heteroatoms. The molecular weight excluding hydrogens is 226 g/mol. The van der Waals surface area contributed by atoms with Gasteiger partial charge in [0.1, 0.15) is 5.60 Å². The molecule has 1 aliphatic carbocycles. The lowest BCUT2D eigenvalue weighted by atomic mass is 9.72. The summed E-state index contributed by atoms with van der Waals surface area (Å²) in [6, 6.07) is 8.90. The second-order valence-corrected chi connectivity index (χ2v) is 5.54. The Bertz CT molecular complexity index is 485. The van der Waals surface area contributed by atoms with Crippen molar-refractivity contribution in [2.75, 3.05) is 13.6 Å². The van der Waals surface area contributed by atoms with Crippen LogP contribution < -0.4 is 0 Å². The van der Waals surface area contributed by atoms with Crippen LogP contribution in [0, 0.1) is 0 Å². The largest absolute Gasteiger partial charge is 0.454 e.